The van der Waals surface area contributed by atoms with Gasteiger partial charge in [0.15, 0.2) is 0 Å². The second kappa shape index (κ2) is 6.00. The summed E-state index contributed by atoms with van der Waals surface area (Å²) >= 11 is 0. The average molecular weight is 241 g/mol. The van der Waals surface area contributed by atoms with Crippen molar-refractivity contribution >= 4 is 11.8 Å². The highest BCUT2D eigenvalue weighted by molar-refractivity contribution is 5.84. The van der Waals surface area contributed by atoms with Gasteiger partial charge >= 0.3 is 0 Å². The number of amides is 2. The molecule has 0 aliphatic carbocycles. The van der Waals surface area contributed by atoms with E-state index in [-0.39, 0.29) is 29.7 Å². The zero-order chi connectivity index (χ0) is 12.9. The van der Waals surface area contributed by atoms with Crippen LogP contribution in [0.25, 0.3) is 0 Å². The van der Waals surface area contributed by atoms with Crippen LogP contribution in [-0.2, 0) is 9.59 Å². The number of primary amides is 1. The van der Waals surface area contributed by atoms with E-state index in [4.69, 9.17) is 5.73 Å². The van der Waals surface area contributed by atoms with Gasteiger partial charge < -0.3 is 16.4 Å². The smallest absolute Gasteiger partial charge is 0.226 e. The molecule has 0 saturated carbocycles. The molecule has 0 aromatic heterocycles. The summed E-state index contributed by atoms with van der Waals surface area (Å²) in [5.41, 5.74) is 4.85. The van der Waals surface area contributed by atoms with Gasteiger partial charge in [0.25, 0.3) is 0 Å². The largest absolute Gasteiger partial charge is 0.370 e. The number of carbonyl (C=O) groups excluding carboxylic acids is 2. The van der Waals surface area contributed by atoms with Crippen LogP contribution in [0.3, 0.4) is 0 Å². The van der Waals surface area contributed by atoms with Gasteiger partial charge in [-0.2, -0.15) is 0 Å². The van der Waals surface area contributed by atoms with E-state index in [9.17, 15) is 9.59 Å². The summed E-state index contributed by atoms with van der Waals surface area (Å²) < 4.78 is 0. The lowest BCUT2D eigenvalue weighted by molar-refractivity contribution is -0.133. The van der Waals surface area contributed by atoms with Crippen molar-refractivity contribution < 1.29 is 9.59 Å². The first-order valence-corrected chi connectivity index (χ1v) is 6.30. The van der Waals surface area contributed by atoms with Crippen LogP contribution in [-0.4, -0.2) is 30.9 Å². The molecule has 4 N–H and O–H groups in total. The predicted molar refractivity (Wildman–Crippen MR) is 66.2 cm³/mol. The second-order valence-corrected chi connectivity index (χ2v) is 4.93. The molecule has 1 heterocycles. The molecule has 1 aliphatic heterocycles. The molecule has 17 heavy (non-hydrogen) atoms. The van der Waals surface area contributed by atoms with Crippen LogP contribution < -0.4 is 16.4 Å². The van der Waals surface area contributed by atoms with Crippen LogP contribution in [0.15, 0.2) is 0 Å². The maximum absolute atomic E-state index is 12.3. The summed E-state index contributed by atoms with van der Waals surface area (Å²) in [6, 6.07) is -0.182. The molecule has 0 aromatic carbocycles. The van der Waals surface area contributed by atoms with E-state index < -0.39 is 0 Å². The predicted octanol–water partition coefficient (Wildman–Crippen LogP) is 0.146. The molecule has 5 nitrogen and oxygen atoms in total. The molecule has 1 unspecified atom stereocenters. The van der Waals surface area contributed by atoms with Crippen molar-refractivity contribution in [2.24, 2.45) is 11.1 Å². The molecule has 0 bridgehead atoms. The molecule has 1 rings (SSSR count). The summed E-state index contributed by atoms with van der Waals surface area (Å²) in [5, 5.41) is 6.17. The number of nitrogens with two attached hydrogens (primary N) is 1. The lowest BCUT2D eigenvalue weighted by Gasteiger charge is -2.36. The van der Waals surface area contributed by atoms with Gasteiger partial charge in [-0.15, -0.1) is 0 Å². The Bertz CT molecular complexity index is 285. The Kier molecular flexibility index (Phi) is 4.93. The van der Waals surface area contributed by atoms with Gasteiger partial charge in [0, 0.05) is 12.5 Å². The van der Waals surface area contributed by atoms with E-state index in [0.717, 1.165) is 32.4 Å². The van der Waals surface area contributed by atoms with Crippen molar-refractivity contribution in [2.75, 3.05) is 13.1 Å². The van der Waals surface area contributed by atoms with E-state index in [2.05, 4.69) is 10.6 Å². The Morgan fingerprint density at radius 3 is 2.47 bits per heavy atom. The molecule has 98 valence electrons. The van der Waals surface area contributed by atoms with Crippen LogP contribution in [0.4, 0.5) is 0 Å². The molecule has 5 heteroatoms. The van der Waals surface area contributed by atoms with Gasteiger partial charge in [-0.25, -0.2) is 0 Å². The molecule has 1 aliphatic rings. The minimum Gasteiger partial charge on any atom is -0.370 e. The zero-order valence-electron chi connectivity index (χ0n) is 10.7. The van der Waals surface area contributed by atoms with Crippen LogP contribution in [0, 0.1) is 5.41 Å². The molecular weight excluding hydrogens is 218 g/mol. The third-order valence-electron chi connectivity index (χ3n) is 3.60. The average Bonchev–Trinajstić information content (AvgIpc) is 2.28. The maximum atomic E-state index is 12.3. The number of piperidine rings is 1. The van der Waals surface area contributed by atoms with Gasteiger partial charge in [-0.3, -0.25) is 9.59 Å². The highest BCUT2D eigenvalue weighted by Gasteiger charge is 2.38. The Morgan fingerprint density at radius 1 is 1.41 bits per heavy atom. The first-order valence-electron chi connectivity index (χ1n) is 6.30. The number of carbonyl (C=O) groups is 2. The summed E-state index contributed by atoms with van der Waals surface area (Å²) in [5.74, 6) is -0.316. The third kappa shape index (κ3) is 3.70. The van der Waals surface area contributed by atoms with E-state index in [1.54, 1.807) is 0 Å². The standard InChI is InChI=1S/C12H23N3O2/c1-3-12(4-6-14-7-5-12)11(17)15-9(2)8-10(13)16/h9,14H,3-8H2,1-2H3,(H2,13,16)(H,15,17). The van der Waals surface area contributed by atoms with Gasteiger partial charge in [-0.05, 0) is 39.3 Å². The topological polar surface area (TPSA) is 84.2 Å². The minimum absolute atomic E-state index is 0.0650. The molecule has 1 fully saturated rings. The van der Waals surface area contributed by atoms with Gasteiger partial charge in [0.1, 0.15) is 0 Å². The lowest BCUT2D eigenvalue weighted by atomic mass is 9.75. The van der Waals surface area contributed by atoms with Crippen molar-refractivity contribution in [3.63, 3.8) is 0 Å². The monoisotopic (exact) mass is 241 g/mol. The summed E-state index contributed by atoms with van der Waals surface area (Å²) in [6.45, 7) is 5.62. The van der Waals surface area contributed by atoms with Crippen molar-refractivity contribution in [2.45, 2.75) is 45.6 Å². The summed E-state index contributed by atoms with van der Waals surface area (Å²) in [6.07, 6.45) is 2.75. The summed E-state index contributed by atoms with van der Waals surface area (Å²) in [4.78, 5) is 23.0. The highest BCUT2D eigenvalue weighted by Crippen LogP contribution is 2.32. The fourth-order valence-corrected chi connectivity index (χ4v) is 2.38. The number of rotatable bonds is 5. The van der Waals surface area contributed by atoms with Gasteiger partial charge in [0.2, 0.25) is 11.8 Å². The molecule has 1 saturated heterocycles. The Morgan fingerprint density at radius 2 is 2.00 bits per heavy atom. The van der Waals surface area contributed by atoms with E-state index >= 15 is 0 Å². The number of hydrogen-bond donors (Lipinski definition) is 3. The first-order chi connectivity index (χ1) is 8.00. The fourth-order valence-electron chi connectivity index (χ4n) is 2.38. The first kappa shape index (κ1) is 14.0. The maximum Gasteiger partial charge on any atom is 0.226 e. The number of nitrogens with one attached hydrogen (secondary N) is 2. The van der Waals surface area contributed by atoms with E-state index in [1.165, 1.54) is 0 Å². The quantitative estimate of drug-likeness (QED) is 0.640. The SMILES string of the molecule is CCC1(C(=O)NC(C)CC(N)=O)CCNCC1. The Hall–Kier alpha value is -1.10. The number of hydrogen-bond acceptors (Lipinski definition) is 3. The van der Waals surface area contributed by atoms with Crippen LogP contribution in [0.2, 0.25) is 0 Å². The van der Waals surface area contributed by atoms with Gasteiger partial charge in [0.05, 0.1) is 5.41 Å². The van der Waals surface area contributed by atoms with Crippen molar-refractivity contribution in [1.82, 2.24) is 10.6 Å². The van der Waals surface area contributed by atoms with E-state index in [1.807, 2.05) is 13.8 Å². The van der Waals surface area contributed by atoms with Crippen LogP contribution >= 0.6 is 0 Å². The third-order valence-corrected chi connectivity index (χ3v) is 3.60. The molecule has 0 aromatic rings. The Labute approximate surface area is 103 Å². The Balaban J connectivity index is 2.57. The van der Waals surface area contributed by atoms with E-state index in [0.29, 0.717) is 0 Å². The molecule has 0 spiro atoms. The molecular formula is C12H23N3O2. The highest BCUT2D eigenvalue weighted by atomic mass is 16.2. The molecule has 1 atom stereocenters. The zero-order valence-corrected chi connectivity index (χ0v) is 10.7. The van der Waals surface area contributed by atoms with Crippen molar-refractivity contribution in [1.29, 1.82) is 0 Å². The van der Waals surface area contributed by atoms with Gasteiger partial charge in [-0.1, -0.05) is 6.92 Å². The normalized spacial score (nSPS) is 20.6. The summed E-state index contributed by atoms with van der Waals surface area (Å²) in [7, 11) is 0. The van der Waals surface area contributed by atoms with Crippen LogP contribution in [0.5, 0.6) is 0 Å². The van der Waals surface area contributed by atoms with Crippen molar-refractivity contribution in [3.8, 4) is 0 Å². The fraction of sp³-hybridized carbons (Fsp3) is 0.833. The van der Waals surface area contributed by atoms with Crippen molar-refractivity contribution in [3.05, 3.63) is 0 Å². The molecule has 0 radical (unpaired) electrons. The lowest BCUT2D eigenvalue weighted by Crippen LogP contribution is -2.50. The second-order valence-electron chi connectivity index (χ2n) is 4.93. The van der Waals surface area contributed by atoms with Crippen LogP contribution in [0.1, 0.15) is 39.5 Å². The molecule has 2 amide bonds. The minimum atomic E-state index is -0.381.